The van der Waals surface area contributed by atoms with Crippen molar-refractivity contribution in [3.05, 3.63) is 62.7 Å². The third kappa shape index (κ3) is 2.64. The number of carbonyl (C=O) groups excluding carboxylic acids is 1. The quantitative estimate of drug-likeness (QED) is 0.514. The Labute approximate surface area is 172 Å². The number of hydrogen-bond acceptors (Lipinski definition) is 7. The molecule has 5 rings (SSSR count). The molecule has 8 nitrogen and oxygen atoms in total. The van der Waals surface area contributed by atoms with E-state index in [1.54, 1.807) is 17.7 Å². The van der Waals surface area contributed by atoms with Crippen molar-refractivity contribution in [3.8, 4) is 11.4 Å². The molecule has 0 spiro atoms. The fraction of sp³-hybridized carbons (Fsp3) is 0.318. The molecule has 0 aliphatic carbocycles. The summed E-state index contributed by atoms with van der Waals surface area (Å²) >= 11 is 0. The summed E-state index contributed by atoms with van der Waals surface area (Å²) < 4.78 is 12.1. The van der Waals surface area contributed by atoms with E-state index in [0.717, 1.165) is 27.9 Å². The van der Waals surface area contributed by atoms with Crippen LogP contribution in [0.15, 0.2) is 29.1 Å². The van der Waals surface area contributed by atoms with Gasteiger partial charge in [0.05, 0.1) is 29.6 Å². The number of aliphatic hydroxyl groups excluding tert-OH is 1. The average molecular weight is 407 g/mol. The van der Waals surface area contributed by atoms with E-state index in [1.807, 2.05) is 32.3 Å². The molecule has 2 aliphatic heterocycles. The van der Waals surface area contributed by atoms with Gasteiger partial charge in [0.25, 0.3) is 5.56 Å². The minimum absolute atomic E-state index is 0.139. The van der Waals surface area contributed by atoms with Gasteiger partial charge in [-0.05, 0) is 38.4 Å². The van der Waals surface area contributed by atoms with Gasteiger partial charge in [0.2, 0.25) is 0 Å². The number of methoxy groups -OCH3 is 1. The van der Waals surface area contributed by atoms with E-state index in [2.05, 4.69) is 4.90 Å². The summed E-state index contributed by atoms with van der Waals surface area (Å²) in [4.78, 5) is 31.8. The highest BCUT2D eigenvalue weighted by molar-refractivity contribution is 5.87. The van der Waals surface area contributed by atoms with Crippen molar-refractivity contribution >= 4 is 16.9 Å². The first kappa shape index (κ1) is 18.8. The summed E-state index contributed by atoms with van der Waals surface area (Å²) in [7, 11) is 5.61. The molecule has 0 saturated carbocycles. The van der Waals surface area contributed by atoms with Crippen LogP contribution in [0.5, 0.6) is 5.75 Å². The zero-order valence-corrected chi connectivity index (χ0v) is 16.9. The van der Waals surface area contributed by atoms with E-state index < -0.39 is 12.1 Å². The lowest BCUT2D eigenvalue weighted by molar-refractivity contribution is -0.157. The molecule has 0 unspecified atom stereocenters. The van der Waals surface area contributed by atoms with E-state index in [1.165, 1.54) is 0 Å². The van der Waals surface area contributed by atoms with Gasteiger partial charge >= 0.3 is 5.97 Å². The Balaban J connectivity index is 1.76. The zero-order valence-electron chi connectivity index (χ0n) is 16.9. The lowest BCUT2D eigenvalue weighted by atomic mass is 10.0. The summed E-state index contributed by atoms with van der Waals surface area (Å²) in [5.74, 6) is 0.0376. The molecule has 0 fully saturated rings. The second kappa shape index (κ2) is 6.65. The van der Waals surface area contributed by atoms with Crippen molar-refractivity contribution < 1.29 is 19.4 Å². The first-order valence-corrected chi connectivity index (χ1v) is 9.66. The summed E-state index contributed by atoms with van der Waals surface area (Å²) in [5, 5.41) is 11.1. The number of cyclic esters (lactones) is 1. The predicted molar refractivity (Wildman–Crippen MR) is 109 cm³/mol. The number of pyridine rings is 2. The number of ether oxygens (including phenoxy) is 2. The average Bonchev–Trinajstić information content (AvgIpc) is 3.07. The zero-order chi connectivity index (χ0) is 21.2. The van der Waals surface area contributed by atoms with Crippen LogP contribution < -0.4 is 10.3 Å². The Bertz CT molecular complexity index is 1280. The van der Waals surface area contributed by atoms with Crippen molar-refractivity contribution in [1.82, 2.24) is 14.5 Å². The van der Waals surface area contributed by atoms with Crippen LogP contribution in [-0.2, 0) is 29.1 Å². The van der Waals surface area contributed by atoms with E-state index >= 15 is 0 Å². The predicted octanol–water partition coefficient (Wildman–Crippen LogP) is 1.45. The van der Waals surface area contributed by atoms with Crippen LogP contribution in [0.1, 0.15) is 34.2 Å². The lowest BCUT2D eigenvalue weighted by Gasteiger charge is -2.21. The highest BCUT2D eigenvalue weighted by atomic mass is 16.5. The number of esters is 1. The Hall–Kier alpha value is -3.23. The number of fused-ring (bicyclic) bond motifs is 5. The molecular weight excluding hydrogens is 386 g/mol. The third-order valence-electron chi connectivity index (χ3n) is 5.70. The second-order valence-electron chi connectivity index (χ2n) is 7.90. The maximum absolute atomic E-state index is 13.2. The standard InChI is InChI=1S/C22H21N3O5/c1-24(2)9-14-12-8-18-17(23-16(12)4-5-19(14)29-3)7-11-6-13-15(21(27)25(11)18)10-30-22(28)20(13)26/h4-6,8,20,26H,7,9-10H2,1-3H3/t20-/m0/s1. The van der Waals surface area contributed by atoms with Gasteiger partial charge in [-0.15, -0.1) is 0 Å². The fourth-order valence-electron chi connectivity index (χ4n) is 4.33. The van der Waals surface area contributed by atoms with Crippen LogP contribution >= 0.6 is 0 Å². The second-order valence-corrected chi connectivity index (χ2v) is 7.90. The summed E-state index contributed by atoms with van der Waals surface area (Å²) in [5.41, 5.74) is 4.37. The molecule has 30 heavy (non-hydrogen) atoms. The number of aromatic nitrogens is 2. The van der Waals surface area contributed by atoms with Crippen LogP contribution in [0, 0.1) is 0 Å². The minimum Gasteiger partial charge on any atom is -0.496 e. The molecular formula is C22H21N3O5. The third-order valence-corrected chi connectivity index (χ3v) is 5.70. The maximum atomic E-state index is 13.2. The normalized spacial score (nSPS) is 17.0. The van der Waals surface area contributed by atoms with Crippen molar-refractivity contribution in [1.29, 1.82) is 0 Å². The van der Waals surface area contributed by atoms with Gasteiger partial charge in [-0.1, -0.05) is 0 Å². The first-order valence-electron chi connectivity index (χ1n) is 9.66. The van der Waals surface area contributed by atoms with Crippen molar-refractivity contribution in [2.75, 3.05) is 21.2 Å². The Morgan fingerprint density at radius 2 is 2.10 bits per heavy atom. The van der Waals surface area contributed by atoms with Gasteiger partial charge in [-0.25, -0.2) is 4.79 Å². The van der Waals surface area contributed by atoms with Gasteiger partial charge in [0, 0.05) is 35.2 Å². The Kier molecular flexibility index (Phi) is 4.16. The van der Waals surface area contributed by atoms with Crippen molar-refractivity contribution in [2.45, 2.75) is 25.7 Å². The van der Waals surface area contributed by atoms with E-state index in [4.69, 9.17) is 14.5 Å². The molecule has 0 amide bonds. The number of carbonyl (C=O) groups is 1. The molecule has 0 saturated heterocycles. The lowest BCUT2D eigenvalue weighted by Crippen LogP contribution is -2.32. The van der Waals surface area contributed by atoms with Gasteiger partial charge in [-0.2, -0.15) is 0 Å². The van der Waals surface area contributed by atoms with Crippen LogP contribution in [-0.4, -0.2) is 46.7 Å². The minimum atomic E-state index is -1.43. The smallest absolute Gasteiger partial charge is 0.340 e. The van der Waals surface area contributed by atoms with Gasteiger partial charge in [0.1, 0.15) is 12.4 Å². The molecule has 2 aromatic heterocycles. The Morgan fingerprint density at radius 1 is 1.30 bits per heavy atom. The molecule has 0 radical (unpaired) electrons. The SMILES string of the molecule is COc1ccc2nc3c(cc2c1CN(C)C)-n1c(cc2c(c1=O)COC(=O)[C@H]2O)C3. The number of aliphatic hydroxyl groups is 1. The van der Waals surface area contributed by atoms with Crippen LogP contribution in [0.25, 0.3) is 16.6 Å². The molecule has 154 valence electrons. The number of nitrogens with zero attached hydrogens (tertiary/aromatic N) is 3. The Morgan fingerprint density at radius 3 is 2.83 bits per heavy atom. The number of hydrogen-bond donors (Lipinski definition) is 1. The first-order chi connectivity index (χ1) is 14.4. The van der Waals surface area contributed by atoms with E-state index in [-0.39, 0.29) is 12.2 Å². The molecule has 1 N–H and O–H groups in total. The highest BCUT2D eigenvalue weighted by Crippen LogP contribution is 2.35. The van der Waals surface area contributed by atoms with Gasteiger partial charge in [-0.3, -0.25) is 14.3 Å². The molecule has 8 heteroatoms. The molecule has 4 heterocycles. The molecule has 3 aromatic rings. The van der Waals surface area contributed by atoms with Crippen LogP contribution in [0.4, 0.5) is 0 Å². The van der Waals surface area contributed by atoms with Gasteiger partial charge < -0.3 is 19.5 Å². The topological polar surface area (TPSA) is 93.9 Å². The van der Waals surface area contributed by atoms with Crippen molar-refractivity contribution in [3.63, 3.8) is 0 Å². The van der Waals surface area contributed by atoms with Crippen molar-refractivity contribution in [2.24, 2.45) is 0 Å². The largest absolute Gasteiger partial charge is 0.496 e. The summed E-state index contributed by atoms with van der Waals surface area (Å²) in [6, 6.07) is 7.53. The number of benzene rings is 1. The van der Waals surface area contributed by atoms with Crippen LogP contribution in [0.2, 0.25) is 0 Å². The summed E-state index contributed by atoms with van der Waals surface area (Å²) in [6.07, 6.45) is -0.982. The maximum Gasteiger partial charge on any atom is 0.340 e. The number of rotatable bonds is 3. The van der Waals surface area contributed by atoms with E-state index in [9.17, 15) is 14.7 Å². The highest BCUT2D eigenvalue weighted by Gasteiger charge is 2.33. The molecule has 1 aromatic carbocycles. The molecule has 1 atom stereocenters. The molecule has 2 aliphatic rings. The monoisotopic (exact) mass is 407 g/mol. The fourth-order valence-corrected chi connectivity index (χ4v) is 4.33. The summed E-state index contributed by atoms with van der Waals surface area (Å²) in [6.45, 7) is 0.523. The molecule has 0 bridgehead atoms. The van der Waals surface area contributed by atoms with Crippen LogP contribution in [0.3, 0.4) is 0 Å². The van der Waals surface area contributed by atoms with Gasteiger partial charge in [0.15, 0.2) is 6.10 Å². The van der Waals surface area contributed by atoms with E-state index in [0.29, 0.717) is 35.5 Å².